The number of hydrogen-bond acceptors (Lipinski definition) is 6. The van der Waals surface area contributed by atoms with Crippen LogP contribution in [0.25, 0.3) is 12.2 Å². The van der Waals surface area contributed by atoms with E-state index < -0.39 is 8.07 Å². The predicted molar refractivity (Wildman–Crippen MR) is 111 cm³/mol. The summed E-state index contributed by atoms with van der Waals surface area (Å²) in [4.78, 5) is 1.48. The first-order chi connectivity index (χ1) is 13.4. The number of ether oxygens (including phenoxy) is 3. The molecule has 0 bridgehead atoms. The van der Waals surface area contributed by atoms with E-state index in [-0.39, 0.29) is 12.2 Å². The van der Waals surface area contributed by atoms with Crippen LogP contribution in [0.15, 0.2) is 24.3 Å². The molecule has 0 spiro atoms. The van der Waals surface area contributed by atoms with E-state index >= 15 is 0 Å². The van der Waals surface area contributed by atoms with Gasteiger partial charge in [0.05, 0.1) is 19.3 Å². The van der Waals surface area contributed by atoms with Crippen LogP contribution in [0.4, 0.5) is 0 Å². The molecule has 1 aromatic carbocycles. The molecule has 2 heterocycles. The lowest BCUT2D eigenvalue weighted by molar-refractivity contribution is 0.0538. The van der Waals surface area contributed by atoms with Crippen molar-refractivity contribution in [1.29, 1.82) is 0 Å². The molecule has 0 saturated carbocycles. The summed E-state index contributed by atoms with van der Waals surface area (Å²) in [6, 6.07) is 9.29. The SMILES string of the molecule is C[C@@H](OCC1CO1)c1ccccc1C=Cc1nnn(COCC[Si](C)(C)C)n1. The Morgan fingerprint density at radius 2 is 2.07 bits per heavy atom. The highest BCUT2D eigenvalue weighted by molar-refractivity contribution is 6.76. The highest BCUT2D eigenvalue weighted by atomic mass is 28.3. The summed E-state index contributed by atoms with van der Waals surface area (Å²) in [6.45, 7) is 11.5. The summed E-state index contributed by atoms with van der Waals surface area (Å²) in [5, 5.41) is 12.5. The van der Waals surface area contributed by atoms with Gasteiger partial charge in [-0.15, -0.1) is 15.0 Å². The van der Waals surface area contributed by atoms with Gasteiger partial charge in [0, 0.05) is 14.7 Å². The number of hydrogen-bond donors (Lipinski definition) is 0. The molecule has 0 aliphatic carbocycles. The summed E-state index contributed by atoms with van der Waals surface area (Å²) < 4.78 is 16.8. The summed E-state index contributed by atoms with van der Waals surface area (Å²) >= 11 is 0. The fraction of sp³-hybridized carbons (Fsp3) is 0.550. The van der Waals surface area contributed by atoms with Gasteiger partial charge in [-0.05, 0) is 35.4 Å². The largest absolute Gasteiger partial charge is 0.371 e. The monoisotopic (exact) mass is 402 g/mol. The fourth-order valence-corrected chi connectivity index (χ4v) is 3.36. The van der Waals surface area contributed by atoms with E-state index in [9.17, 15) is 0 Å². The maximum Gasteiger partial charge on any atom is 0.197 e. The number of tetrazole rings is 1. The van der Waals surface area contributed by atoms with E-state index in [2.05, 4.69) is 54.1 Å². The Morgan fingerprint density at radius 1 is 1.29 bits per heavy atom. The van der Waals surface area contributed by atoms with E-state index in [4.69, 9.17) is 14.2 Å². The Labute approximate surface area is 167 Å². The van der Waals surface area contributed by atoms with E-state index in [0.717, 1.165) is 30.4 Å². The summed E-state index contributed by atoms with van der Waals surface area (Å²) in [5.41, 5.74) is 2.20. The van der Waals surface area contributed by atoms with Gasteiger partial charge in [0.25, 0.3) is 0 Å². The Morgan fingerprint density at radius 3 is 2.82 bits per heavy atom. The van der Waals surface area contributed by atoms with Crippen molar-refractivity contribution in [3.8, 4) is 0 Å². The number of aromatic nitrogens is 4. The number of benzene rings is 1. The molecule has 0 radical (unpaired) electrons. The van der Waals surface area contributed by atoms with Gasteiger partial charge < -0.3 is 14.2 Å². The van der Waals surface area contributed by atoms with Crippen molar-refractivity contribution in [2.24, 2.45) is 0 Å². The Hall–Kier alpha value is -1.87. The van der Waals surface area contributed by atoms with Crippen molar-refractivity contribution in [3.05, 3.63) is 41.2 Å². The molecule has 2 atom stereocenters. The minimum atomic E-state index is -1.08. The van der Waals surface area contributed by atoms with Crippen LogP contribution in [-0.4, -0.2) is 54.2 Å². The summed E-state index contributed by atoms with van der Waals surface area (Å²) in [7, 11) is -1.08. The van der Waals surface area contributed by atoms with Gasteiger partial charge in [0.15, 0.2) is 12.6 Å². The average molecular weight is 403 g/mol. The molecule has 1 saturated heterocycles. The number of nitrogens with zero attached hydrogens (tertiary/aromatic N) is 4. The van der Waals surface area contributed by atoms with Gasteiger partial charge in [0.1, 0.15) is 6.10 Å². The molecule has 1 fully saturated rings. The van der Waals surface area contributed by atoms with Crippen LogP contribution in [0.5, 0.6) is 0 Å². The molecule has 1 aliphatic rings. The lowest BCUT2D eigenvalue weighted by atomic mass is 10.0. The Kier molecular flexibility index (Phi) is 7.11. The van der Waals surface area contributed by atoms with Crippen molar-refractivity contribution in [1.82, 2.24) is 20.2 Å². The van der Waals surface area contributed by atoms with Crippen LogP contribution in [-0.2, 0) is 20.9 Å². The van der Waals surface area contributed by atoms with Crippen LogP contribution in [0.2, 0.25) is 25.7 Å². The van der Waals surface area contributed by atoms with Crippen LogP contribution in [0.1, 0.15) is 30.0 Å². The number of epoxide rings is 1. The standard InChI is InChI=1S/C20H30N4O3Si/c1-16(26-13-18-14-27-18)19-8-6-5-7-17(19)9-10-20-21-23-24(22-20)15-25-11-12-28(2,3)4/h5-10,16,18H,11-15H2,1-4H3/t16-,18?/m1/s1. The molecule has 0 N–H and O–H groups in total. The van der Waals surface area contributed by atoms with E-state index in [0.29, 0.717) is 19.2 Å². The molecule has 0 amide bonds. The van der Waals surface area contributed by atoms with Gasteiger partial charge in [-0.25, -0.2) is 0 Å². The first-order valence-electron chi connectivity index (χ1n) is 9.76. The maximum absolute atomic E-state index is 5.91. The first-order valence-corrected chi connectivity index (χ1v) is 13.5. The minimum absolute atomic E-state index is 0.00606. The highest BCUT2D eigenvalue weighted by Gasteiger charge is 2.24. The third-order valence-electron chi connectivity index (χ3n) is 4.45. The molecule has 1 unspecified atom stereocenters. The van der Waals surface area contributed by atoms with Crippen molar-refractivity contribution in [2.75, 3.05) is 19.8 Å². The molecule has 3 rings (SSSR count). The molecule has 7 nitrogen and oxygen atoms in total. The van der Waals surface area contributed by atoms with Crippen molar-refractivity contribution >= 4 is 20.2 Å². The fourth-order valence-electron chi connectivity index (χ4n) is 2.60. The summed E-state index contributed by atoms with van der Waals surface area (Å²) in [6.07, 6.45) is 4.11. The zero-order valence-electron chi connectivity index (χ0n) is 17.2. The Balaban J connectivity index is 1.54. The lowest BCUT2D eigenvalue weighted by Gasteiger charge is -2.15. The zero-order chi connectivity index (χ0) is 20.0. The van der Waals surface area contributed by atoms with Gasteiger partial charge in [0.2, 0.25) is 0 Å². The van der Waals surface area contributed by atoms with Crippen molar-refractivity contribution in [3.63, 3.8) is 0 Å². The van der Waals surface area contributed by atoms with Crippen molar-refractivity contribution in [2.45, 2.75) is 51.5 Å². The molecule has 1 aromatic heterocycles. The molecular weight excluding hydrogens is 372 g/mol. The van der Waals surface area contributed by atoms with Crippen LogP contribution >= 0.6 is 0 Å². The van der Waals surface area contributed by atoms with Crippen LogP contribution in [0, 0.1) is 0 Å². The van der Waals surface area contributed by atoms with Crippen LogP contribution in [0.3, 0.4) is 0 Å². The zero-order valence-corrected chi connectivity index (χ0v) is 18.2. The molecular formula is C20H30N4O3Si. The van der Waals surface area contributed by atoms with Gasteiger partial charge in [-0.2, -0.15) is 0 Å². The molecule has 28 heavy (non-hydrogen) atoms. The van der Waals surface area contributed by atoms with E-state index in [1.807, 2.05) is 24.3 Å². The highest BCUT2D eigenvalue weighted by Crippen LogP contribution is 2.24. The van der Waals surface area contributed by atoms with E-state index in [1.54, 1.807) is 0 Å². The lowest BCUT2D eigenvalue weighted by Crippen LogP contribution is -2.22. The van der Waals surface area contributed by atoms with Crippen molar-refractivity contribution < 1.29 is 14.2 Å². The topological polar surface area (TPSA) is 74.6 Å². The van der Waals surface area contributed by atoms with Crippen LogP contribution < -0.4 is 0 Å². The second kappa shape index (κ2) is 9.55. The van der Waals surface area contributed by atoms with Gasteiger partial charge in [-0.1, -0.05) is 50.0 Å². The maximum atomic E-state index is 5.91. The smallest absolute Gasteiger partial charge is 0.197 e. The molecule has 2 aromatic rings. The second-order valence-electron chi connectivity index (χ2n) is 8.26. The normalized spacial score (nSPS) is 17.9. The first kappa shape index (κ1) is 20.9. The van der Waals surface area contributed by atoms with Gasteiger partial charge in [-0.3, -0.25) is 0 Å². The molecule has 8 heteroatoms. The number of rotatable bonds is 11. The quantitative estimate of drug-likeness (QED) is 0.325. The predicted octanol–water partition coefficient (Wildman–Crippen LogP) is 3.63. The average Bonchev–Trinajstić information content (AvgIpc) is 3.38. The summed E-state index contributed by atoms with van der Waals surface area (Å²) in [5.74, 6) is 0.559. The van der Waals surface area contributed by atoms with Gasteiger partial charge >= 0.3 is 0 Å². The third kappa shape index (κ3) is 6.94. The minimum Gasteiger partial charge on any atom is -0.371 e. The third-order valence-corrected chi connectivity index (χ3v) is 6.16. The molecule has 152 valence electrons. The van der Waals surface area contributed by atoms with E-state index in [1.165, 1.54) is 4.80 Å². The Bertz CT molecular complexity index is 784. The molecule has 1 aliphatic heterocycles. The second-order valence-corrected chi connectivity index (χ2v) is 13.9.